The molecule has 1 amide bonds. The first-order valence-corrected chi connectivity index (χ1v) is 10.7. The number of benzene rings is 1. The lowest BCUT2D eigenvalue weighted by atomic mass is 10.1. The largest absolute Gasteiger partial charge is 0.437 e. The highest BCUT2D eigenvalue weighted by atomic mass is 79.9. The molecule has 6 nitrogen and oxygen atoms in total. The van der Waals surface area contributed by atoms with E-state index in [9.17, 15) is 31.1 Å². The molecule has 182 valence electrons. The standard InChI is InChI=1S/C22H14BrF6N5O/c1-11-18(19(22(27,28)29)33-34(11)10-12-4-6-30-7-5-12)32-20(35)15-9-17(21(24,25)26)31-16-3-2-13(23)8-14(15)16/h2-9H,10H2,1H3,(H,32,35). The van der Waals surface area contributed by atoms with Crippen molar-refractivity contribution in [3.05, 3.63) is 81.5 Å². The van der Waals surface area contributed by atoms with Crippen molar-refractivity contribution in [2.45, 2.75) is 25.8 Å². The molecule has 0 saturated heterocycles. The van der Waals surface area contributed by atoms with Crippen molar-refractivity contribution in [1.29, 1.82) is 0 Å². The number of rotatable bonds is 4. The first-order valence-electron chi connectivity index (χ1n) is 9.87. The maximum Gasteiger partial charge on any atom is 0.437 e. The van der Waals surface area contributed by atoms with E-state index in [-0.39, 0.29) is 23.1 Å². The fourth-order valence-electron chi connectivity index (χ4n) is 3.42. The van der Waals surface area contributed by atoms with E-state index in [1.165, 1.54) is 37.5 Å². The average molecular weight is 558 g/mol. The minimum Gasteiger partial charge on any atom is -0.319 e. The summed E-state index contributed by atoms with van der Waals surface area (Å²) in [5.74, 6) is -1.17. The Bertz CT molecular complexity index is 1420. The van der Waals surface area contributed by atoms with Gasteiger partial charge in [0.15, 0.2) is 5.69 Å². The van der Waals surface area contributed by atoms with Crippen LogP contribution in [0, 0.1) is 6.92 Å². The first kappa shape index (κ1) is 24.6. The second kappa shape index (κ2) is 8.95. The molecule has 4 rings (SSSR count). The third-order valence-corrected chi connectivity index (χ3v) is 5.59. The Morgan fingerprint density at radius 2 is 1.71 bits per heavy atom. The van der Waals surface area contributed by atoms with Crippen molar-refractivity contribution in [1.82, 2.24) is 19.7 Å². The van der Waals surface area contributed by atoms with E-state index < -0.39 is 40.9 Å². The summed E-state index contributed by atoms with van der Waals surface area (Å²) < 4.78 is 82.9. The highest BCUT2D eigenvalue weighted by molar-refractivity contribution is 9.10. The summed E-state index contributed by atoms with van der Waals surface area (Å²) in [5.41, 5.74) is -3.42. The number of fused-ring (bicyclic) bond motifs is 1. The Hall–Kier alpha value is -3.48. The number of nitrogens with zero attached hydrogens (tertiary/aromatic N) is 4. The van der Waals surface area contributed by atoms with Crippen molar-refractivity contribution in [2.75, 3.05) is 5.32 Å². The molecule has 0 radical (unpaired) electrons. The van der Waals surface area contributed by atoms with Crippen LogP contribution in [0.4, 0.5) is 32.0 Å². The number of hydrogen-bond donors (Lipinski definition) is 1. The lowest BCUT2D eigenvalue weighted by Gasteiger charge is -2.13. The van der Waals surface area contributed by atoms with Crippen LogP contribution in [0.25, 0.3) is 10.9 Å². The fraction of sp³-hybridized carbons (Fsp3) is 0.182. The number of alkyl halides is 6. The van der Waals surface area contributed by atoms with Crippen molar-refractivity contribution in [3.63, 3.8) is 0 Å². The molecule has 0 saturated carbocycles. The van der Waals surface area contributed by atoms with Gasteiger partial charge in [0.25, 0.3) is 5.91 Å². The summed E-state index contributed by atoms with van der Waals surface area (Å²) in [5, 5.41) is 5.77. The van der Waals surface area contributed by atoms with Crippen LogP contribution in [0.3, 0.4) is 0 Å². The molecule has 4 aromatic rings. The van der Waals surface area contributed by atoms with E-state index in [0.717, 1.165) is 4.68 Å². The van der Waals surface area contributed by atoms with Crippen LogP contribution in [0.2, 0.25) is 0 Å². The zero-order valence-electron chi connectivity index (χ0n) is 17.7. The molecular formula is C22H14BrF6N5O. The molecule has 0 aliphatic carbocycles. The van der Waals surface area contributed by atoms with E-state index >= 15 is 0 Å². The predicted octanol–water partition coefficient (Wildman–Crippen LogP) is 6.24. The van der Waals surface area contributed by atoms with Crippen LogP contribution < -0.4 is 5.32 Å². The van der Waals surface area contributed by atoms with E-state index in [4.69, 9.17) is 0 Å². The number of carbonyl (C=O) groups excluding carboxylic acids is 1. The maximum absolute atomic E-state index is 13.8. The van der Waals surface area contributed by atoms with Gasteiger partial charge in [0.1, 0.15) is 5.69 Å². The minimum atomic E-state index is -4.93. The quantitative estimate of drug-likeness (QED) is 0.302. The summed E-state index contributed by atoms with van der Waals surface area (Å²) in [6.07, 6.45) is -6.88. The molecule has 0 bridgehead atoms. The van der Waals surface area contributed by atoms with Crippen LogP contribution in [0.5, 0.6) is 0 Å². The highest BCUT2D eigenvalue weighted by Crippen LogP contribution is 2.37. The lowest BCUT2D eigenvalue weighted by molar-refractivity contribution is -0.141. The molecule has 1 aromatic carbocycles. The van der Waals surface area contributed by atoms with Gasteiger partial charge in [-0.15, -0.1) is 0 Å². The Morgan fingerprint density at radius 1 is 1.03 bits per heavy atom. The number of nitrogens with one attached hydrogen (secondary N) is 1. The number of amides is 1. The van der Waals surface area contributed by atoms with Crippen molar-refractivity contribution < 1.29 is 31.1 Å². The van der Waals surface area contributed by atoms with E-state index in [1.54, 1.807) is 12.1 Å². The zero-order chi connectivity index (χ0) is 25.5. The number of hydrogen-bond acceptors (Lipinski definition) is 4. The van der Waals surface area contributed by atoms with Crippen molar-refractivity contribution >= 4 is 38.4 Å². The molecule has 1 N–H and O–H groups in total. The van der Waals surface area contributed by atoms with Gasteiger partial charge in [0.05, 0.1) is 29.0 Å². The van der Waals surface area contributed by atoms with Crippen molar-refractivity contribution in [3.8, 4) is 0 Å². The Labute approximate surface area is 202 Å². The molecule has 3 heterocycles. The molecule has 0 aliphatic rings. The number of anilines is 1. The van der Waals surface area contributed by atoms with Gasteiger partial charge in [-0.1, -0.05) is 15.9 Å². The number of aromatic nitrogens is 4. The van der Waals surface area contributed by atoms with Crippen LogP contribution in [-0.4, -0.2) is 25.7 Å². The van der Waals surface area contributed by atoms with Gasteiger partial charge in [0.2, 0.25) is 0 Å². The summed E-state index contributed by atoms with van der Waals surface area (Å²) >= 11 is 3.18. The summed E-state index contributed by atoms with van der Waals surface area (Å²) in [6.45, 7) is 1.28. The SMILES string of the molecule is Cc1c(NC(=O)c2cc(C(F)(F)F)nc3ccc(Br)cc23)c(C(F)(F)F)nn1Cc1ccncc1. The Morgan fingerprint density at radius 3 is 2.34 bits per heavy atom. The molecule has 3 aromatic heterocycles. The van der Waals surface area contributed by atoms with E-state index in [0.29, 0.717) is 16.1 Å². The third kappa shape index (κ3) is 5.14. The highest BCUT2D eigenvalue weighted by Gasteiger charge is 2.40. The van der Waals surface area contributed by atoms with Gasteiger partial charge in [0, 0.05) is 22.3 Å². The van der Waals surface area contributed by atoms with Gasteiger partial charge < -0.3 is 5.32 Å². The average Bonchev–Trinajstić information content (AvgIpc) is 3.08. The topological polar surface area (TPSA) is 72.7 Å². The normalized spacial score (nSPS) is 12.2. The summed E-state index contributed by atoms with van der Waals surface area (Å²) in [6, 6.07) is 7.76. The molecule has 0 aliphatic heterocycles. The molecule has 0 spiro atoms. The number of pyridine rings is 2. The van der Waals surface area contributed by atoms with Crippen LogP contribution >= 0.6 is 15.9 Å². The van der Waals surface area contributed by atoms with Gasteiger partial charge in [-0.2, -0.15) is 31.4 Å². The van der Waals surface area contributed by atoms with Crippen LogP contribution in [0.1, 0.15) is 33.0 Å². The Kier molecular flexibility index (Phi) is 6.30. The number of halogens is 7. The zero-order valence-corrected chi connectivity index (χ0v) is 19.3. The summed E-state index contributed by atoms with van der Waals surface area (Å²) in [7, 11) is 0. The van der Waals surface area contributed by atoms with Gasteiger partial charge in [-0.05, 0) is 48.9 Å². The molecule has 13 heteroatoms. The van der Waals surface area contributed by atoms with Gasteiger partial charge in [-0.25, -0.2) is 4.98 Å². The first-order chi connectivity index (χ1) is 16.3. The lowest BCUT2D eigenvalue weighted by Crippen LogP contribution is -2.18. The predicted molar refractivity (Wildman–Crippen MR) is 118 cm³/mol. The maximum atomic E-state index is 13.8. The van der Waals surface area contributed by atoms with Crippen LogP contribution in [-0.2, 0) is 18.9 Å². The molecule has 35 heavy (non-hydrogen) atoms. The van der Waals surface area contributed by atoms with E-state index in [2.05, 4.69) is 36.3 Å². The second-order valence-electron chi connectivity index (χ2n) is 7.49. The minimum absolute atomic E-state index is 0.0280. The van der Waals surface area contributed by atoms with E-state index in [1.807, 2.05) is 0 Å². The van der Waals surface area contributed by atoms with Gasteiger partial charge >= 0.3 is 12.4 Å². The fourth-order valence-corrected chi connectivity index (χ4v) is 3.78. The third-order valence-electron chi connectivity index (χ3n) is 5.10. The van der Waals surface area contributed by atoms with Crippen LogP contribution in [0.15, 0.2) is 53.3 Å². The smallest absolute Gasteiger partial charge is 0.319 e. The van der Waals surface area contributed by atoms with Crippen molar-refractivity contribution in [2.24, 2.45) is 0 Å². The molecule has 0 fully saturated rings. The number of carbonyl (C=O) groups is 1. The van der Waals surface area contributed by atoms with Gasteiger partial charge in [-0.3, -0.25) is 14.5 Å². The monoisotopic (exact) mass is 557 g/mol. The molecule has 0 atom stereocenters. The molecular weight excluding hydrogens is 544 g/mol. The summed E-state index contributed by atoms with van der Waals surface area (Å²) in [4.78, 5) is 20.5. The Balaban J connectivity index is 1.80. The molecule has 0 unspecified atom stereocenters. The second-order valence-corrected chi connectivity index (χ2v) is 8.40.